The molecule has 1 fully saturated rings. The maximum absolute atomic E-state index is 11.3. The molecular weight excluding hydrogens is 190 g/mol. The Balaban J connectivity index is 2.12. The minimum Gasteiger partial charge on any atom is -0.397 e. The number of aromatic nitrogens is 1. The zero-order valence-corrected chi connectivity index (χ0v) is 8.42. The molecule has 15 heavy (non-hydrogen) atoms. The highest BCUT2D eigenvalue weighted by Gasteiger charge is 2.44. The van der Waals surface area contributed by atoms with E-state index in [2.05, 4.69) is 10.3 Å². The van der Waals surface area contributed by atoms with Gasteiger partial charge in [-0.3, -0.25) is 9.78 Å². The van der Waals surface area contributed by atoms with Crippen LogP contribution in [-0.2, 0) is 16.8 Å². The van der Waals surface area contributed by atoms with Crippen LogP contribution >= 0.6 is 0 Å². The van der Waals surface area contributed by atoms with Gasteiger partial charge >= 0.3 is 0 Å². The van der Waals surface area contributed by atoms with E-state index in [-0.39, 0.29) is 11.4 Å². The minimum absolute atomic E-state index is 0.144. The lowest BCUT2D eigenvalue weighted by Gasteiger charge is -2.24. The first kappa shape index (κ1) is 8.71. The monoisotopic (exact) mass is 203 g/mol. The van der Waals surface area contributed by atoms with Crippen LogP contribution in [0.4, 0.5) is 5.69 Å². The molecule has 4 nitrogen and oxygen atoms in total. The molecule has 2 aliphatic rings. The summed E-state index contributed by atoms with van der Waals surface area (Å²) < 4.78 is 0. The number of nitrogens with one attached hydrogen (secondary N) is 1. The number of nitrogens with two attached hydrogens (primary N) is 1. The van der Waals surface area contributed by atoms with Gasteiger partial charge in [-0.2, -0.15) is 0 Å². The first-order valence-corrected chi connectivity index (χ1v) is 5.25. The minimum atomic E-state index is -0.158. The van der Waals surface area contributed by atoms with E-state index in [0.29, 0.717) is 6.42 Å². The summed E-state index contributed by atoms with van der Waals surface area (Å²) in [4.78, 5) is 15.5. The molecule has 3 rings (SSSR count). The molecular formula is C11H13N3O. The molecule has 0 radical (unpaired) electrons. The Bertz CT molecular complexity index is 443. The Labute approximate surface area is 87.9 Å². The third kappa shape index (κ3) is 1.07. The van der Waals surface area contributed by atoms with Crippen LogP contribution in [0.5, 0.6) is 0 Å². The van der Waals surface area contributed by atoms with Crippen molar-refractivity contribution in [3.8, 4) is 0 Å². The zero-order valence-electron chi connectivity index (χ0n) is 8.42. The number of fused-ring (bicyclic) bond motifs is 2. The number of hydrogen-bond acceptors (Lipinski definition) is 3. The number of pyridine rings is 1. The van der Waals surface area contributed by atoms with Crippen molar-refractivity contribution in [1.29, 1.82) is 0 Å². The summed E-state index contributed by atoms with van der Waals surface area (Å²) in [6, 6.07) is 0. The molecule has 1 saturated heterocycles. The van der Waals surface area contributed by atoms with Crippen molar-refractivity contribution in [3.63, 3.8) is 0 Å². The highest BCUT2D eigenvalue weighted by Crippen LogP contribution is 2.44. The largest absolute Gasteiger partial charge is 0.397 e. The summed E-state index contributed by atoms with van der Waals surface area (Å²) in [6.07, 6.45) is 6.95. The first-order chi connectivity index (χ1) is 7.21. The van der Waals surface area contributed by atoms with E-state index in [4.69, 9.17) is 5.73 Å². The van der Waals surface area contributed by atoms with E-state index < -0.39 is 0 Å². The Kier molecular flexibility index (Phi) is 1.58. The van der Waals surface area contributed by atoms with Gasteiger partial charge in [0, 0.05) is 18.2 Å². The third-order valence-corrected chi connectivity index (χ3v) is 3.57. The SMILES string of the molecule is Nc1cncc2c1CCC21CCC(=O)N1. The van der Waals surface area contributed by atoms with Gasteiger partial charge in [0.1, 0.15) is 0 Å². The first-order valence-electron chi connectivity index (χ1n) is 5.25. The molecule has 1 aliphatic carbocycles. The van der Waals surface area contributed by atoms with E-state index in [1.807, 2.05) is 6.20 Å². The molecule has 4 heteroatoms. The van der Waals surface area contributed by atoms with Crippen LogP contribution in [-0.4, -0.2) is 10.9 Å². The smallest absolute Gasteiger partial charge is 0.220 e. The lowest BCUT2D eigenvalue weighted by Crippen LogP contribution is -2.36. The summed E-state index contributed by atoms with van der Waals surface area (Å²) in [5.41, 5.74) is 8.79. The fraction of sp³-hybridized carbons (Fsp3) is 0.455. The van der Waals surface area contributed by atoms with Gasteiger partial charge in [0.2, 0.25) is 5.91 Å². The van der Waals surface area contributed by atoms with Crippen LogP contribution in [0.2, 0.25) is 0 Å². The lowest BCUT2D eigenvalue weighted by atomic mass is 9.91. The molecule has 0 bridgehead atoms. The standard InChI is InChI=1S/C11H13N3O/c12-9-6-13-5-8-7(9)1-3-11(8)4-2-10(15)14-11/h5-6H,1-4,12H2,(H,14,15). The molecule has 1 aliphatic heterocycles. The van der Waals surface area contributed by atoms with E-state index in [9.17, 15) is 4.79 Å². The van der Waals surface area contributed by atoms with Gasteiger partial charge in [-0.25, -0.2) is 0 Å². The summed E-state index contributed by atoms with van der Waals surface area (Å²) in [7, 11) is 0. The number of hydrogen-bond donors (Lipinski definition) is 2. The van der Waals surface area contributed by atoms with Gasteiger partial charge in [0.05, 0.1) is 17.4 Å². The topological polar surface area (TPSA) is 68.0 Å². The Morgan fingerprint density at radius 3 is 2.87 bits per heavy atom. The number of nitrogen functional groups attached to an aromatic ring is 1. The van der Waals surface area contributed by atoms with E-state index in [1.54, 1.807) is 6.20 Å². The number of rotatable bonds is 0. The lowest BCUT2D eigenvalue weighted by molar-refractivity contribution is -0.119. The van der Waals surface area contributed by atoms with E-state index in [0.717, 1.165) is 30.5 Å². The van der Waals surface area contributed by atoms with Crippen LogP contribution < -0.4 is 11.1 Å². The van der Waals surface area contributed by atoms with Crippen LogP contribution in [0.1, 0.15) is 30.4 Å². The second kappa shape index (κ2) is 2.72. The average molecular weight is 203 g/mol. The number of carbonyl (C=O) groups is 1. The van der Waals surface area contributed by atoms with Crippen LogP contribution in [0.25, 0.3) is 0 Å². The maximum Gasteiger partial charge on any atom is 0.220 e. The van der Waals surface area contributed by atoms with E-state index >= 15 is 0 Å². The van der Waals surface area contributed by atoms with Crippen molar-refractivity contribution < 1.29 is 4.79 Å². The second-order valence-corrected chi connectivity index (χ2v) is 4.39. The predicted molar refractivity (Wildman–Crippen MR) is 56.0 cm³/mol. The zero-order chi connectivity index (χ0) is 10.5. The molecule has 3 N–H and O–H groups in total. The second-order valence-electron chi connectivity index (χ2n) is 4.39. The summed E-state index contributed by atoms with van der Waals surface area (Å²) in [6.45, 7) is 0. The molecule has 1 aromatic heterocycles. The van der Waals surface area contributed by atoms with Gasteiger partial charge in [-0.05, 0) is 24.8 Å². The molecule has 0 saturated carbocycles. The number of anilines is 1. The van der Waals surface area contributed by atoms with E-state index in [1.165, 1.54) is 5.56 Å². The molecule has 1 unspecified atom stereocenters. The number of carbonyl (C=O) groups excluding carboxylic acids is 1. The van der Waals surface area contributed by atoms with Crippen molar-refractivity contribution in [1.82, 2.24) is 10.3 Å². The Morgan fingerprint density at radius 2 is 2.13 bits per heavy atom. The molecule has 1 aromatic rings. The van der Waals surface area contributed by atoms with Crippen molar-refractivity contribution in [2.24, 2.45) is 0 Å². The highest BCUT2D eigenvalue weighted by atomic mass is 16.2. The van der Waals surface area contributed by atoms with Crippen LogP contribution in [0, 0.1) is 0 Å². The van der Waals surface area contributed by atoms with Crippen LogP contribution in [0.15, 0.2) is 12.4 Å². The van der Waals surface area contributed by atoms with Crippen LogP contribution in [0.3, 0.4) is 0 Å². The van der Waals surface area contributed by atoms with Crippen molar-refractivity contribution in [2.45, 2.75) is 31.2 Å². The Morgan fingerprint density at radius 1 is 1.33 bits per heavy atom. The molecule has 2 heterocycles. The highest BCUT2D eigenvalue weighted by molar-refractivity contribution is 5.80. The van der Waals surface area contributed by atoms with Gasteiger partial charge in [0.25, 0.3) is 0 Å². The summed E-state index contributed by atoms with van der Waals surface area (Å²) in [5, 5.41) is 3.08. The van der Waals surface area contributed by atoms with Gasteiger partial charge in [-0.1, -0.05) is 0 Å². The fourth-order valence-corrected chi connectivity index (χ4v) is 2.78. The van der Waals surface area contributed by atoms with Crippen molar-refractivity contribution >= 4 is 11.6 Å². The van der Waals surface area contributed by atoms with Crippen molar-refractivity contribution in [3.05, 3.63) is 23.5 Å². The summed E-state index contributed by atoms with van der Waals surface area (Å²) >= 11 is 0. The average Bonchev–Trinajstić information content (AvgIpc) is 2.75. The fourth-order valence-electron chi connectivity index (χ4n) is 2.78. The predicted octanol–water partition coefficient (Wildman–Crippen LogP) is 0.715. The Hall–Kier alpha value is -1.58. The maximum atomic E-state index is 11.3. The number of nitrogens with zero attached hydrogens (tertiary/aromatic N) is 1. The quantitative estimate of drug-likeness (QED) is 0.652. The normalized spacial score (nSPS) is 28.1. The van der Waals surface area contributed by atoms with Gasteiger partial charge in [-0.15, -0.1) is 0 Å². The molecule has 78 valence electrons. The molecule has 1 spiro atoms. The third-order valence-electron chi connectivity index (χ3n) is 3.57. The molecule has 1 amide bonds. The van der Waals surface area contributed by atoms with Crippen molar-refractivity contribution in [2.75, 3.05) is 5.73 Å². The molecule has 1 atom stereocenters. The number of amides is 1. The summed E-state index contributed by atoms with van der Waals surface area (Å²) in [5.74, 6) is 0.144. The molecule has 0 aromatic carbocycles. The van der Waals surface area contributed by atoms with Gasteiger partial charge in [0.15, 0.2) is 0 Å². The van der Waals surface area contributed by atoms with Gasteiger partial charge < -0.3 is 11.1 Å².